The number of ether oxygens (including phenoxy) is 1. The maximum absolute atomic E-state index is 14.6. The standard InChI is InChI=1S/C27H24ClF4N7O5/c1-12-11-44-4-3-39(12)19-7-18(16(28)8-34-19)35-20(40)10-38-9-15(13-5-14(23(33)42)22(41)17(29)6-13)21-24(38)36-26(27(30,31)32)37(2)25(21)43/h5-9,12,41H,3-4,10-11H2,1-2H3,(H2,33,42)(H,34,35,40)/t12-/m0/s1. The number of fused-ring (bicyclic) bond motifs is 1. The number of benzene rings is 1. The lowest BCUT2D eigenvalue weighted by atomic mass is 10.0. The summed E-state index contributed by atoms with van der Waals surface area (Å²) in [5, 5.41) is 12.2. The van der Waals surface area contributed by atoms with Gasteiger partial charge in [-0.15, -0.1) is 0 Å². The van der Waals surface area contributed by atoms with E-state index in [1.807, 2.05) is 11.8 Å². The monoisotopic (exact) mass is 637 g/mol. The fourth-order valence-electron chi connectivity index (χ4n) is 4.94. The first-order chi connectivity index (χ1) is 20.7. The number of nitrogens with two attached hydrogens (primary N) is 1. The zero-order valence-electron chi connectivity index (χ0n) is 23.1. The number of phenols is 1. The first kappa shape index (κ1) is 30.7. The van der Waals surface area contributed by atoms with Crippen molar-refractivity contribution in [3.63, 3.8) is 0 Å². The maximum atomic E-state index is 14.6. The lowest BCUT2D eigenvalue weighted by molar-refractivity contribution is -0.147. The minimum absolute atomic E-state index is 0.0121. The summed E-state index contributed by atoms with van der Waals surface area (Å²) in [5.41, 5.74) is 2.73. The Morgan fingerprint density at radius 3 is 2.66 bits per heavy atom. The molecule has 1 aliphatic rings. The molecular formula is C27H24ClF4N7O5. The SMILES string of the molecule is C[C@H]1COCCN1c1cc(NC(=O)Cn2cc(-c3cc(F)c(O)c(C(N)=O)c3)c3c(=O)n(C)c(C(F)(F)F)nc32)c(Cl)cn1. The number of primary amides is 1. The van der Waals surface area contributed by atoms with Crippen molar-refractivity contribution >= 4 is 46.0 Å². The second-order valence-corrected chi connectivity index (χ2v) is 10.5. The largest absolute Gasteiger partial charge is 0.504 e. The van der Waals surface area contributed by atoms with Crippen LogP contribution in [-0.4, -0.2) is 61.8 Å². The molecule has 12 nitrogen and oxygen atoms in total. The van der Waals surface area contributed by atoms with Gasteiger partial charge in [0.05, 0.1) is 47.1 Å². The van der Waals surface area contributed by atoms with Crippen LogP contribution < -0.4 is 21.5 Å². The van der Waals surface area contributed by atoms with Crippen molar-refractivity contribution in [3.05, 3.63) is 63.2 Å². The Morgan fingerprint density at radius 1 is 1.27 bits per heavy atom. The molecule has 4 aromatic rings. The summed E-state index contributed by atoms with van der Waals surface area (Å²) >= 11 is 6.27. The highest BCUT2D eigenvalue weighted by atomic mass is 35.5. The summed E-state index contributed by atoms with van der Waals surface area (Å²) in [6, 6.07) is 3.27. The smallest absolute Gasteiger partial charge is 0.449 e. The van der Waals surface area contributed by atoms with Crippen LogP contribution in [0.25, 0.3) is 22.2 Å². The molecule has 1 saturated heterocycles. The number of rotatable bonds is 6. The fraction of sp³-hybridized carbons (Fsp3) is 0.296. The predicted octanol–water partition coefficient (Wildman–Crippen LogP) is 3.28. The molecule has 0 saturated carbocycles. The molecule has 232 valence electrons. The number of anilines is 2. The molecule has 4 N–H and O–H groups in total. The molecule has 1 fully saturated rings. The Balaban J connectivity index is 1.59. The summed E-state index contributed by atoms with van der Waals surface area (Å²) in [4.78, 5) is 48.2. The molecule has 4 heterocycles. The van der Waals surface area contributed by atoms with Crippen LogP contribution in [0.3, 0.4) is 0 Å². The first-order valence-electron chi connectivity index (χ1n) is 13.0. The number of halogens is 5. The maximum Gasteiger partial charge on any atom is 0.449 e. The number of aromatic nitrogens is 4. The summed E-state index contributed by atoms with van der Waals surface area (Å²) in [7, 11) is 0.857. The van der Waals surface area contributed by atoms with Gasteiger partial charge in [-0.3, -0.25) is 19.0 Å². The van der Waals surface area contributed by atoms with Gasteiger partial charge in [0.1, 0.15) is 18.0 Å². The average Bonchev–Trinajstić information content (AvgIpc) is 3.31. The van der Waals surface area contributed by atoms with Crippen LogP contribution in [0.15, 0.2) is 35.4 Å². The van der Waals surface area contributed by atoms with Gasteiger partial charge in [0.2, 0.25) is 11.7 Å². The quantitative estimate of drug-likeness (QED) is 0.272. The van der Waals surface area contributed by atoms with Crippen molar-refractivity contribution in [3.8, 4) is 16.9 Å². The van der Waals surface area contributed by atoms with Gasteiger partial charge in [0, 0.05) is 31.4 Å². The third kappa shape index (κ3) is 5.65. The average molecular weight is 638 g/mol. The van der Waals surface area contributed by atoms with Crippen molar-refractivity contribution in [2.24, 2.45) is 12.8 Å². The second kappa shape index (κ2) is 11.4. The molecule has 0 bridgehead atoms. The van der Waals surface area contributed by atoms with Gasteiger partial charge in [-0.25, -0.2) is 14.4 Å². The number of carbonyl (C=O) groups excluding carboxylic acids is 2. The molecule has 1 atom stereocenters. The molecule has 0 aliphatic carbocycles. The summed E-state index contributed by atoms with van der Waals surface area (Å²) < 4.78 is 62.7. The van der Waals surface area contributed by atoms with Crippen molar-refractivity contribution in [2.45, 2.75) is 25.7 Å². The zero-order chi connectivity index (χ0) is 32.1. The number of nitrogens with one attached hydrogen (secondary N) is 1. The molecule has 0 radical (unpaired) electrons. The van der Waals surface area contributed by atoms with Gasteiger partial charge in [-0.05, 0) is 24.6 Å². The first-order valence-corrected chi connectivity index (χ1v) is 13.3. The van der Waals surface area contributed by atoms with Crippen LogP contribution in [-0.2, 0) is 29.3 Å². The highest BCUT2D eigenvalue weighted by Crippen LogP contribution is 2.35. The Labute approximate surface area is 250 Å². The minimum atomic E-state index is -5.04. The van der Waals surface area contributed by atoms with Crippen molar-refractivity contribution < 1.29 is 37.0 Å². The molecule has 1 aliphatic heterocycles. The highest BCUT2D eigenvalue weighted by molar-refractivity contribution is 6.33. The van der Waals surface area contributed by atoms with Crippen LogP contribution in [0.4, 0.5) is 29.1 Å². The molecule has 1 aromatic carbocycles. The van der Waals surface area contributed by atoms with Crippen LogP contribution in [0.5, 0.6) is 5.75 Å². The molecule has 17 heteroatoms. The second-order valence-electron chi connectivity index (χ2n) is 10.1. The van der Waals surface area contributed by atoms with E-state index in [4.69, 9.17) is 22.1 Å². The van der Waals surface area contributed by atoms with Gasteiger partial charge >= 0.3 is 6.18 Å². The van der Waals surface area contributed by atoms with E-state index in [-0.39, 0.29) is 32.4 Å². The van der Waals surface area contributed by atoms with E-state index in [1.54, 1.807) is 6.07 Å². The molecule has 5 rings (SSSR count). The number of aromatic hydroxyl groups is 1. The van der Waals surface area contributed by atoms with Crippen LogP contribution in [0.2, 0.25) is 5.02 Å². The van der Waals surface area contributed by atoms with Crippen molar-refractivity contribution in [1.82, 2.24) is 19.1 Å². The topological polar surface area (TPSA) is 158 Å². The van der Waals surface area contributed by atoms with E-state index in [0.29, 0.717) is 25.6 Å². The molecule has 0 unspecified atom stereocenters. The third-order valence-corrected chi connectivity index (χ3v) is 7.38. The molecule has 0 spiro atoms. The van der Waals surface area contributed by atoms with E-state index in [0.717, 1.165) is 29.9 Å². The van der Waals surface area contributed by atoms with Gasteiger partial charge in [0.25, 0.3) is 11.5 Å². The van der Waals surface area contributed by atoms with Gasteiger partial charge in [-0.1, -0.05) is 11.6 Å². The fourth-order valence-corrected chi connectivity index (χ4v) is 5.09. The van der Waals surface area contributed by atoms with E-state index < -0.39 is 64.1 Å². The number of nitrogens with zero attached hydrogens (tertiary/aromatic N) is 5. The summed E-state index contributed by atoms with van der Waals surface area (Å²) in [5.74, 6) is -5.31. The summed E-state index contributed by atoms with van der Waals surface area (Å²) in [6.45, 7) is 2.75. The van der Waals surface area contributed by atoms with Gasteiger partial charge in [-0.2, -0.15) is 13.2 Å². The molecule has 3 aromatic heterocycles. The van der Waals surface area contributed by atoms with E-state index in [2.05, 4.69) is 15.3 Å². The highest BCUT2D eigenvalue weighted by Gasteiger charge is 2.37. The van der Waals surface area contributed by atoms with Crippen LogP contribution >= 0.6 is 11.6 Å². The van der Waals surface area contributed by atoms with E-state index in [1.165, 1.54) is 6.20 Å². The number of morpholine rings is 1. The number of alkyl halides is 3. The van der Waals surface area contributed by atoms with E-state index in [9.17, 15) is 37.1 Å². The van der Waals surface area contributed by atoms with E-state index >= 15 is 0 Å². The Morgan fingerprint density at radius 2 is 2.00 bits per heavy atom. The lowest BCUT2D eigenvalue weighted by Gasteiger charge is -2.34. The van der Waals surface area contributed by atoms with Crippen molar-refractivity contribution in [2.75, 3.05) is 30.0 Å². The zero-order valence-corrected chi connectivity index (χ0v) is 23.8. The normalized spacial score (nSPS) is 15.5. The van der Waals surface area contributed by atoms with Crippen molar-refractivity contribution in [1.29, 1.82) is 0 Å². The number of pyridine rings is 1. The lowest BCUT2D eigenvalue weighted by Crippen LogP contribution is -2.44. The molecule has 2 amide bonds. The Kier molecular flexibility index (Phi) is 7.98. The van der Waals surface area contributed by atoms with Crippen LogP contribution in [0, 0.1) is 5.82 Å². The van der Waals surface area contributed by atoms with Gasteiger partial charge < -0.3 is 30.4 Å². The number of hydrogen-bond donors (Lipinski definition) is 3. The molecular weight excluding hydrogens is 614 g/mol. The number of amides is 2. The minimum Gasteiger partial charge on any atom is -0.504 e. The molecule has 44 heavy (non-hydrogen) atoms. The predicted molar refractivity (Wildman–Crippen MR) is 151 cm³/mol. The summed E-state index contributed by atoms with van der Waals surface area (Å²) in [6.07, 6.45) is -2.58. The number of carbonyl (C=O) groups is 2. The van der Waals surface area contributed by atoms with Crippen LogP contribution in [0.1, 0.15) is 23.1 Å². The number of hydrogen-bond acceptors (Lipinski definition) is 8. The Hall–Kier alpha value is -4.70. The Bertz CT molecular complexity index is 1870. The van der Waals surface area contributed by atoms with Gasteiger partial charge in [0.15, 0.2) is 11.6 Å². The third-order valence-electron chi connectivity index (χ3n) is 7.08.